The van der Waals surface area contributed by atoms with Gasteiger partial charge in [0.05, 0.1) is 28.8 Å². The van der Waals surface area contributed by atoms with E-state index in [1.165, 1.54) is 6.26 Å². The van der Waals surface area contributed by atoms with Gasteiger partial charge >= 0.3 is 0 Å². The van der Waals surface area contributed by atoms with Crippen LogP contribution in [0, 0.1) is 11.3 Å². The van der Waals surface area contributed by atoms with E-state index in [4.69, 9.17) is 5.26 Å². The third kappa shape index (κ3) is 2.47. The molecule has 0 radical (unpaired) electrons. The minimum Gasteiger partial charge on any atom is -0.302 e. The zero-order valence-corrected chi connectivity index (χ0v) is 12.7. The van der Waals surface area contributed by atoms with E-state index in [-0.39, 0.29) is 11.3 Å². The number of nitriles is 1. The fraction of sp³-hybridized carbons (Fsp3) is 0.125. The van der Waals surface area contributed by atoms with Crippen LogP contribution in [0.15, 0.2) is 53.6 Å². The molecule has 110 valence electrons. The lowest BCUT2D eigenvalue weighted by atomic mass is 10.1. The van der Waals surface area contributed by atoms with Crippen LogP contribution in [-0.4, -0.2) is 24.1 Å². The summed E-state index contributed by atoms with van der Waals surface area (Å²) >= 11 is 0. The molecule has 0 N–H and O–H groups in total. The first-order chi connectivity index (χ1) is 10.5. The minimum atomic E-state index is -3.22. The van der Waals surface area contributed by atoms with Crippen molar-refractivity contribution < 1.29 is 8.42 Å². The molecule has 6 heteroatoms. The van der Waals surface area contributed by atoms with E-state index in [0.717, 1.165) is 16.9 Å². The third-order valence-corrected chi connectivity index (χ3v) is 4.56. The van der Waals surface area contributed by atoms with Crippen molar-refractivity contribution in [3.8, 4) is 17.3 Å². The van der Waals surface area contributed by atoms with Crippen LogP contribution in [0.2, 0.25) is 0 Å². The molecule has 0 aliphatic carbocycles. The van der Waals surface area contributed by atoms with Gasteiger partial charge in [-0.1, -0.05) is 18.2 Å². The monoisotopic (exact) mass is 311 g/mol. The molecule has 22 heavy (non-hydrogen) atoms. The summed E-state index contributed by atoms with van der Waals surface area (Å²) in [6, 6.07) is 14.3. The number of rotatable bonds is 3. The Bertz CT molecular complexity index is 980. The molecule has 0 atom stereocenters. The number of hydrogen-bond donors (Lipinski definition) is 0. The smallest absolute Gasteiger partial charge is 0.175 e. The van der Waals surface area contributed by atoms with Gasteiger partial charge < -0.3 is 4.40 Å². The van der Waals surface area contributed by atoms with Crippen LogP contribution in [0.1, 0.15) is 5.69 Å². The Balaban J connectivity index is 2.17. The first-order valence-electron chi connectivity index (χ1n) is 6.64. The minimum absolute atomic E-state index is 0.230. The van der Waals surface area contributed by atoms with E-state index in [9.17, 15) is 8.42 Å². The summed E-state index contributed by atoms with van der Waals surface area (Å²) in [6.45, 7) is 0. The van der Waals surface area contributed by atoms with Gasteiger partial charge in [-0.05, 0) is 24.3 Å². The summed E-state index contributed by atoms with van der Waals surface area (Å²) in [5, 5.41) is 9.05. The third-order valence-electron chi connectivity index (χ3n) is 3.43. The highest BCUT2D eigenvalue weighted by atomic mass is 32.2. The fourth-order valence-corrected chi connectivity index (χ4v) is 3.01. The van der Waals surface area contributed by atoms with Gasteiger partial charge in [0.1, 0.15) is 5.65 Å². The first-order valence-corrected chi connectivity index (χ1v) is 8.53. The molecule has 5 nitrogen and oxygen atoms in total. The Morgan fingerprint density at radius 1 is 1.18 bits per heavy atom. The lowest BCUT2D eigenvalue weighted by Gasteiger charge is -2.03. The van der Waals surface area contributed by atoms with Gasteiger partial charge in [0.25, 0.3) is 0 Å². The zero-order valence-electron chi connectivity index (χ0n) is 11.9. The van der Waals surface area contributed by atoms with E-state index in [1.54, 1.807) is 24.3 Å². The zero-order chi connectivity index (χ0) is 15.7. The van der Waals surface area contributed by atoms with E-state index < -0.39 is 9.84 Å². The number of nitrogens with zero attached hydrogens (tertiary/aromatic N) is 3. The summed E-state index contributed by atoms with van der Waals surface area (Å²) in [5.41, 5.74) is 3.05. The predicted octanol–water partition coefficient (Wildman–Crippen LogP) is 2.47. The average Bonchev–Trinajstić information content (AvgIpc) is 2.86. The molecule has 0 unspecified atom stereocenters. The molecule has 3 aromatic rings. The standard InChI is InChI=1S/C16H13N3O2S/c1-22(20,21)13-7-5-12(6-8-13)16-14(9-10-17)19-11-3-2-4-15(19)18-16/h2-8,11H,9H2,1H3. The molecule has 0 aliphatic rings. The largest absolute Gasteiger partial charge is 0.302 e. The number of aromatic nitrogens is 2. The van der Waals surface area contributed by atoms with Gasteiger partial charge in [-0.3, -0.25) is 0 Å². The average molecular weight is 311 g/mol. The van der Waals surface area contributed by atoms with Crippen LogP contribution < -0.4 is 0 Å². The van der Waals surface area contributed by atoms with Gasteiger partial charge in [-0.15, -0.1) is 0 Å². The molecule has 0 amide bonds. The fourth-order valence-electron chi connectivity index (χ4n) is 2.38. The van der Waals surface area contributed by atoms with Crippen molar-refractivity contribution in [2.24, 2.45) is 0 Å². The lowest BCUT2D eigenvalue weighted by molar-refractivity contribution is 0.602. The molecule has 2 aromatic heterocycles. The van der Waals surface area contributed by atoms with Gasteiger partial charge in [0.2, 0.25) is 0 Å². The van der Waals surface area contributed by atoms with Crippen LogP contribution in [-0.2, 0) is 16.3 Å². The summed E-state index contributed by atoms with van der Waals surface area (Å²) < 4.78 is 24.9. The highest BCUT2D eigenvalue weighted by Gasteiger charge is 2.14. The Morgan fingerprint density at radius 3 is 2.55 bits per heavy atom. The summed E-state index contributed by atoms with van der Waals surface area (Å²) in [6.07, 6.45) is 3.27. The first kappa shape index (κ1) is 14.3. The second kappa shape index (κ2) is 5.28. The topological polar surface area (TPSA) is 75.2 Å². The highest BCUT2D eigenvalue weighted by Crippen LogP contribution is 2.26. The Labute approximate surface area is 128 Å². The number of imidazole rings is 1. The molecule has 0 bridgehead atoms. The van der Waals surface area contributed by atoms with Crippen LogP contribution in [0.4, 0.5) is 0 Å². The normalized spacial score (nSPS) is 11.5. The Kier molecular flexibility index (Phi) is 3.43. The van der Waals surface area contributed by atoms with Crippen molar-refractivity contribution in [3.63, 3.8) is 0 Å². The maximum atomic E-state index is 11.5. The van der Waals surface area contributed by atoms with Gasteiger partial charge in [-0.2, -0.15) is 5.26 Å². The lowest BCUT2D eigenvalue weighted by Crippen LogP contribution is -1.97. The van der Waals surface area contributed by atoms with Crippen molar-refractivity contribution in [2.45, 2.75) is 11.3 Å². The van der Waals surface area contributed by atoms with E-state index in [0.29, 0.717) is 5.69 Å². The quantitative estimate of drug-likeness (QED) is 0.744. The molecule has 3 rings (SSSR count). The molecule has 0 fully saturated rings. The molecular weight excluding hydrogens is 298 g/mol. The number of sulfone groups is 1. The van der Waals surface area contributed by atoms with Crippen molar-refractivity contribution in [2.75, 3.05) is 6.26 Å². The van der Waals surface area contributed by atoms with Gasteiger partial charge in [-0.25, -0.2) is 13.4 Å². The Hall–Kier alpha value is -2.65. The van der Waals surface area contributed by atoms with Gasteiger partial charge in [0.15, 0.2) is 9.84 Å². The van der Waals surface area contributed by atoms with Crippen LogP contribution >= 0.6 is 0 Å². The van der Waals surface area contributed by atoms with Crippen molar-refractivity contribution in [1.82, 2.24) is 9.38 Å². The van der Waals surface area contributed by atoms with E-state index in [1.807, 2.05) is 28.8 Å². The summed E-state index contributed by atoms with van der Waals surface area (Å²) in [7, 11) is -3.22. The second-order valence-corrected chi connectivity index (χ2v) is 6.98. The van der Waals surface area contributed by atoms with E-state index in [2.05, 4.69) is 11.1 Å². The van der Waals surface area contributed by atoms with Crippen LogP contribution in [0.5, 0.6) is 0 Å². The highest BCUT2D eigenvalue weighted by molar-refractivity contribution is 7.90. The number of pyridine rings is 1. The molecule has 0 saturated carbocycles. The van der Waals surface area contributed by atoms with Crippen molar-refractivity contribution in [1.29, 1.82) is 5.26 Å². The van der Waals surface area contributed by atoms with Crippen LogP contribution in [0.25, 0.3) is 16.9 Å². The summed E-state index contributed by atoms with van der Waals surface area (Å²) in [5.74, 6) is 0. The number of fused-ring (bicyclic) bond motifs is 1. The molecule has 1 aromatic carbocycles. The van der Waals surface area contributed by atoms with Gasteiger partial charge in [0, 0.05) is 18.0 Å². The van der Waals surface area contributed by atoms with Crippen molar-refractivity contribution in [3.05, 3.63) is 54.4 Å². The molecule has 0 aliphatic heterocycles. The SMILES string of the molecule is CS(=O)(=O)c1ccc(-c2nc3ccccn3c2CC#N)cc1. The molecule has 0 spiro atoms. The predicted molar refractivity (Wildman–Crippen MR) is 83.1 cm³/mol. The number of benzene rings is 1. The van der Waals surface area contributed by atoms with Crippen LogP contribution in [0.3, 0.4) is 0 Å². The molecule has 2 heterocycles. The summed E-state index contributed by atoms with van der Waals surface area (Å²) in [4.78, 5) is 4.82. The molecule has 0 saturated heterocycles. The maximum Gasteiger partial charge on any atom is 0.175 e. The van der Waals surface area contributed by atoms with Crippen molar-refractivity contribution >= 4 is 15.5 Å². The molecular formula is C16H13N3O2S. The Morgan fingerprint density at radius 2 is 1.91 bits per heavy atom. The maximum absolute atomic E-state index is 11.5. The van der Waals surface area contributed by atoms with E-state index >= 15 is 0 Å². The second-order valence-electron chi connectivity index (χ2n) is 4.97. The number of hydrogen-bond acceptors (Lipinski definition) is 4.